The molecule has 12 heavy (non-hydrogen) atoms. The van der Waals surface area contributed by atoms with E-state index in [2.05, 4.69) is 5.32 Å². The Labute approximate surface area is 72.6 Å². The molecule has 1 nitrogen and oxygen atoms in total. The van der Waals surface area contributed by atoms with E-state index in [1.54, 1.807) is 6.92 Å². The first-order chi connectivity index (χ1) is 5.65. The van der Waals surface area contributed by atoms with Crippen molar-refractivity contribution in [3.8, 4) is 0 Å². The summed E-state index contributed by atoms with van der Waals surface area (Å²) < 4.78 is 12.8. The van der Waals surface area contributed by atoms with Gasteiger partial charge in [0.25, 0.3) is 0 Å². The van der Waals surface area contributed by atoms with Gasteiger partial charge >= 0.3 is 0 Å². The van der Waals surface area contributed by atoms with E-state index in [0.29, 0.717) is 5.56 Å². The molecule has 0 amide bonds. The van der Waals surface area contributed by atoms with Gasteiger partial charge in [-0.3, -0.25) is 0 Å². The van der Waals surface area contributed by atoms with E-state index in [1.165, 1.54) is 6.07 Å². The second-order valence-corrected chi connectivity index (χ2v) is 3.02. The number of nitrogens with one attached hydrogen (secondary N) is 1. The molecule has 0 aliphatic carbocycles. The molecular weight excluding hydrogens is 153 g/mol. The number of hydrogen-bond donors (Lipinski definition) is 1. The zero-order valence-electron chi connectivity index (χ0n) is 7.69. The first kappa shape index (κ1) is 9.20. The standard InChI is InChI=1S/C10H14FN/c1-7-6-9(8(2)12-3)4-5-10(7)11/h4-6,8,12H,1-3H3/t8-/m1/s1. The van der Waals surface area contributed by atoms with Crippen LogP contribution in [0.1, 0.15) is 24.1 Å². The number of aryl methyl sites for hydroxylation is 1. The molecule has 0 saturated heterocycles. The van der Waals surface area contributed by atoms with Gasteiger partial charge in [0.15, 0.2) is 0 Å². The van der Waals surface area contributed by atoms with Crippen molar-refractivity contribution in [1.82, 2.24) is 5.32 Å². The number of rotatable bonds is 2. The van der Waals surface area contributed by atoms with Crippen LogP contribution in [0.2, 0.25) is 0 Å². The van der Waals surface area contributed by atoms with Crippen molar-refractivity contribution in [2.24, 2.45) is 0 Å². The molecule has 0 aliphatic heterocycles. The third-order valence-corrected chi connectivity index (χ3v) is 2.12. The maximum atomic E-state index is 12.8. The molecular formula is C10H14FN. The molecule has 0 fully saturated rings. The van der Waals surface area contributed by atoms with E-state index in [4.69, 9.17) is 0 Å². The molecule has 0 aliphatic rings. The van der Waals surface area contributed by atoms with Crippen molar-refractivity contribution in [3.63, 3.8) is 0 Å². The highest BCUT2D eigenvalue weighted by Crippen LogP contribution is 2.15. The Balaban J connectivity index is 2.96. The molecule has 0 aromatic heterocycles. The lowest BCUT2D eigenvalue weighted by Gasteiger charge is -2.10. The van der Waals surface area contributed by atoms with Crippen LogP contribution in [0.25, 0.3) is 0 Å². The highest BCUT2D eigenvalue weighted by Gasteiger charge is 2.03. The van der Waals surface area contributed by atoms with Gasteiger partial charge in [-0.05, 0) is 38.1 Å². The summed E-state index contributed by atoms with van der Waals surface area (Å²) >= 11 is 0. The van der Waals surface area contributed by atoms with Crippen molar-refractivity contribution in [2.75, 3.05) is 7.05 Å². The molecule has 1 aromatic rings. The Morgan fingerprint density at radius 1 is 1.42 bits per heavy atom. The number of benzene rings is 1. The summed E-state index contributed by atoms with van der Waals surface area (Å²) in [4.78, 5) is 0. The van der Waals surface area contributed by atoms with Crippen LogP contribution in [0.15, 0.2) is 18.2 Å². The van der Waals surface area contributed by atoms with Crippen LogP contribution in [-0.2, 0) is 0 Å². The van der Waals surface area contributed by atoms with Crippen molar-refractivity contribution in [1.29, 1.82) is 0 Å². The van der Waals surface area contributed by atoms with Crippen molar-refractivity contribution in [2.45, 2.75) is 19.9 Å². The number of halogens is 1. The topological polar surface area (TPSA) is 12.0 Å². The van der Waals surface area contributed by atoms with E-state index in [-0.39, 0.29) is 11.9 Å². The third-order valence-electron chi connectivity index (χ3n) is 2.12. The molecule has 2 heteroatoms. The Bertz CT molecular complexity index is 271. The zero-order valence-corrected chi connectivity index (χ0v) is 7.69. The van der Waals surface area contributed by atoms with E-state index < -0.39 is 0 Å². The molecule has 0 bridgehead atoms. The average Bonchev–Trinajstić information content (AvgIpc) is 2.08. The normalized spacial score (nSPS) is 13.0. The second kappa shape index (κ2) is 3.68. The van der Waals surface area contributed by atoms with E-state index in [1.807, 2.05) is 26.1 Å². The van der Waals surface area contributed by atoms with Gasteiger partial charge in [-0.2, -0.15) is 0 Å². The fourth-order valence-corrected chi connectivity index (χ4v) is 1.10. The summed E-state index contributed by atoms with van der Waals surface area (Å²) in [5.41, 5.74) is 1.83. The van der Waals surface area contributed by atoms with Gasteiger partial charge in [-0.25, -0.2) is 4.39 Å². The van der Waals surface area contributed by atoms with Crippen LogP contribution in [0.4, 0.5) is 4.39 Å². The van der Waals surface area contributed by atoms with Crippen LogP contribution >= 0.6 is 0 Å². The lowest BCUT2D eigenvalue weighted by molar-refractivity contribution is 0.610. The van der Waals surface area contributed by atoms with Crippen LogP contribution in [0.5, 0.6) is 0 Å². The summed E-state index contributed by atoms with van der Waals surface area (Å²) in [7, 11) is 1.89. The summed E-state index contributed by atoms with van der Waals surface area (Å²) in [6.45, 7) is 3.83. The monoisotopic (exact) mass is 167 g/mol. The molecule has 1 atom stereocenters. The molecule has 1 rings (SSSR count). The summed E-state index contributed by atoms with van der Waals surface area (Å²) in [6.07, 6.45) is 0. The molecule has 0 heterocycles. The molecule has 0 radical (unpaired) electrons. The van der Waals surface area contributed by atoms with Gasteiger partial charge < -0.3 is 5.32 Å². The second-order valence-electron chi connectivity index (χ2n) is 3.02. The Kier molecular flexibility index (Phi) is 2.82. The molecule has 66 valence electrons. The quantitative estimate of drug-likeness (QED) is 0.713. The molecule has 0 saturated carbocycles. The predicted molar refractivity (Wildman–Crippen MR) is 48.6 cm³/mol. The Hall–Kier alpha value is -0.890. The predicted octanol–water partition coefficient (Wildman–Crippen LogP) is 2.41. The molecule has 1 N–H and O–H groups in total. The van der Waals surface area contributed by atoms with Gasteiger partial charge in [-0.15, -0.1) is 0 Å². The van der Waals surface area contributed by atoms with E-state index >= 15 is 0 Å². The molecule has 1 aromatic carbocycles. The summed E-state index contributed by atoms with van der Waals surface area (Å²) in [5, 5.41) is 3.11. The lowest BCUT2D eigenvalue weighted by Crippen LogP contribution is -2.12. The minimum absolute atomic E-state index is 0.137. The number of hydrogen-bond acceptors (Lipinski definition) is 1. The largest absolute Gasteiger partial charge is 0.313 e. The van der Waals surface area contributed by atoms with Crippen molar-refractivity contribution < 1.29 is 4.39 Å². The Morgan fingerprint density at radius 2 is 2.08 bits per heavy atom. The van der Waals surface area contributed by atoms with Gasteiger partial charge in [0.2, 0.25) is 0 Å². The van der Waals surface area contributed by atoms with E-state index in [0.717, 1.165) is 5.56 Å². The fourth-order valence-electron chi connectivity index (χ4n) is 1.10. The fraction of sp³-hybridized carbons (Fsp3) is 0.400. The van der Waals surface area contributed by atoms with Crippen LogP contribution in [0.3, 0.4) is 0 Å². The SMILES string of the molecule is CN[C@H](C)c1ccc(F)c(C)c1. The minimum Gasteiger partial charge on any atom is -0.313 e. The minimum atomic E-state index is -0.137. The van der Waals surface area contributed by atoms with E-state index in [9.17, 15) is 4.39 Å². The highest BCUT2D eigenvalue weighted by molar-refractivity contribution is 5.25. The zero-order chi connectivity index (χ0) is 9.14. The summed E-state index contributed by atoms with van der Waals surface area (Å²) in [6, 6.07) is 5.47. The highest BCUT2D eigenvalue weighted by atomic mass is 19.1. The maximum absolute atomic E-state index is 12.8. The Morgan fingerprint density at radius 3 is 2.58 bits per heavy atom. The van der Waals surface area contributed by atoms with Gasteiger partial charge in [-0.1, -0.05) is 12.1 Å². The van der Waals surface area contributed by atoms with Gasteiger partial charge in [0, 0.05) is 6.04 Å². The van der Waals surface area contributed by atoms with Crippen LogP contribution in [-0.4, -0.2) is 7.05 Å². The van der Waals surface area contributed by atoms with Gasteiger partial charge in [0.05, 0.1) is 0 Å². The lowest BCUT2D eigenvalue weighted by atomic mass is 10.1. The summed E-state index contributed by atoms with van der Waals surface area (Å²) in [5.74, 6) is -0.137. The first-order valence-corrected chi connectivity index (χ1v) is 4.08. The smallest absolute Gasteiger partial charge is 0.126 e. The molecule has 0 unspecified atom stereocenters. The van der Waals surface area contributed by atoms with Crippen molar-refractivity contribution in [3.05, 3.63) is 35.1 Å². The van der Waals surface area contributed by atoms with Crippen molar-refractivity contribution >= 4 is 0 Å². The third kappa shape index (κ3) is 1.83. The first-order valence-electron chi connectivity index (χ1n) is 4.08. The average molecular weight is 167 g/mol. The van der Waals surface area contributed by atoms with Gasteiger partial charge in [0.1, 0.15) is 5.82 Å². The molecule has 0 spiro atoms. The van der Waals surface area contributed by atoms with Crippen LogP contribution < -0.4 is 5.32 Å². The maximum Gasteiger partial charge on any atom is 0.126 e. The van der Waals surface area contributed by atoms with Crippen LogP contribution in [0, 0.1) is 12.7 Å².